The number of nitrogens with one attached hydrogen (secondary N) is 1. The number of nitrogens with zero attached hydrogens (tertiary/aromatic N) is 1. The highest BCUT2D eigenvalue weighted by atomic mass is 16.4. The largest absolute Gasteiger partial charge is 0.478 e. The summed E-state index contributed by atoms with van der Waals surface area (Å²) in [5.74, 6) is -1.14. The number of carboxylic acids is 1. The molecule has 2 amide bonds. The highest BCUT2D eigenvalue weighted by Gasteiger charge is 2.13. The molecule has 0 saturated heterocycles. The number of amides is 2. The number of benzene rings is 1. The van der Waals surface area contributed by atoms with Crippen LogP contribution in [-0.4, -0.2) is 36.1 Å². The van der Waals surface area contributed by atoms with Gasteiger partial charge in [0, 0.05) is 19.8 Å². The molecule has 4 N–H and O–H groups in total. The van der Waals surface area contributed by atoms with E-state index in [1.165, 1.54) is 23.1 Å². The van der Waals surface area contributed by atoms with Gasteiger partial charge in [0.15, 0.2) is 0 Å². The third-order valence-electron chi connectivity index (χ3n) is 1.92. The van der Waals surface area contributed by atoms with Crippen molar-refractivity contribution in [2.45, 2.75) is 0 Å². The molecule has 0 aliphatic heterocycles. The predicted molar refractivity (Wildman–Crippen MR) is 60.5 cm³/mol. The summed E-state index contributed by atoms with van der Waals surface area (Å²) in [4.78, 5) is 23.6. The van der Waals surface area contributed by atoms with Crippen molar-refractivity contribution in [3.63, 3.8) is 0 Å². The Morgan fingerprint density at radius 2 is 2.00 bits per heavy atom. The lowest BCUT2D eigenvalue weighted by Crippen LogP contribution is -2.28. The number of nitrogens with two attached hydrogens (primary N) is 1. The van der Waals surface area contributed by atoms with Crippen LogP contribution >= 0.6 is 0 Å². The van der Waals surface area contributed by atoms with E-state index < -0.39 is 12.0 Å². The molecule has 0 heterocycles. The number of anilines is 2. The predicted octanol–water partition coefficient (Wildman–Crippen LogP) is 1.06. The van der Waals surface area contributed by atoms with E-state index in [0.717, 1.165) is 0 Å². The fourth-order valence-electron chi connectivity index (χ4n) is 1.07. The number of carboxylic acid groups (broad SMARTS) is 1. The molecule has 1 rings (SSSR count). The van der Waals surface area contributed by atoms with E-state index in [4.69, 9.17) is 10.8 Å². The van der Waals surface area contributed by atoms with Crippen LogP contribution in [-0.2, 0) is 0 Å². The molecular weight excluding hydrogens is 210 g/mol. The maximum absolute atomic E-state index is 11.4. The lowest BCUT2D eigenvalue weighted by molar-refractivity contribution is 0.0698. The van der Waals surface area contributed by atoms with Crippen molar-refractivity contribution >= 4 is 23.4 Å². The average molecular weight is 223 g/mol. The van der Waals surface area contributed by atoms with Crippen LogP contribution in [0.4, 0.5) is 16.2 Å². The van der Waals surface area contributed by atoms with E-state index in [0.29, 0.717) is 5.69 Å². The van der Waals surface area contributed by atoms with Gasteiger partial charge in [0.05, 0.1) is 11.3 Å². The van der Waals surface area contributed by atoms with Crippen molar-refractivity contribution < 1.29 is 14.7 Å². The Morgan fingerprint density at radius 3 is 2.50 bits per heavy atom. The number of nitrogen functional groups attached to an aromatic ring is 1. The first kappa shape index (κ1) is 11.8. The first-order chi connectivity index (χ1) is 7.41. The minimum Gasteiger partial charge on any atom is -0.478 e. The smallest absolute Gasteiger partial charge is 0.337 e. The van der Waals surface area contributed by atoms with Crippen LogP contribution in [0.25, 0.3) is 0 Å². The van der Waals surface area contributed by atoms with Gasteiger partial charge in [-0.3, -0.25) is 0 Å². The highest BCUT2D eigenvalue weighted by Crippen LogP contribution is 2.19. The number of rotatable bonds is 2. The normalized spacial score (nSPS) is 9.62. The molecule has 0 fully saturated rings. The quantitative estimate of drug-likeness (QED) is 0.653. The van der Waals surface area contributed by atoms with E-state index in [2.05, 4.69) is 5.32 Å². The Hall–Kier alpha value is -2.24. The van der Waals surface area contributed by atoms with E-state index in [-0.39, 0.29) is 11.3 Å². The Labute approximate surface area is 92.7 Å². The molecule has 86 valence electrons. The zero-order valence-corrected chi connectivity index (χ0v) is 9.02. The lowest BCUT2D eigenvalue weighted by Gasteiger charge is -2.13. The van der Waals surface area contributed by atoms with Gasteiger partial charge in [0.2, 0.25) is 0 Å². The summed E-state index contributed by atoms with van der Waals surface area (Å²) in [6, 6.07) is 3.89. The highest BCUT2D eigenvalue weighted by molar-refractivity contribution is 6.00. The van der Waals surface area contributed by atoms with Crippen molar-refractivity contribution in [3.8, 4) is 0 Å². The van der Waals surface area contributed by atoms with E-state index >= 15 is 0 Å². The minimum atomic E-state index is -1.14. The summed E-state index contributed by atoms with van der Waals surface area (Å²) in [6.07, 6.45) is 0. The van der Waals surface area contributed by atoms with E-state index in [9.17, 15) is 9.59 Å². The third kappa shape index (κ3) is 2.63. The number of carbonyl (C=O) groups is 2. The van der Waals surface area contributed by atoms with Gasteiger partial charge in [-0.05, 0) is 18.2 Å². The summed E-state index contributed by atoms with van der Waals surface area (Å²) in [5.41, 5.74) is 5.99. The van der Waals surface area contributed by atoms with E-state index in [1.54, 1.807) is 14.1 Å². The molecule has 0 aliphatic rings. The van der Waals surface area contributed by atoms with Crippen LogP contribution < -0.4 is 11.1 Å². The van der Waals surface area contributed by atoms with Gasteiger partial charge < -0.3 is 21.1 Å². The van der Waals surface area contributed by atoms with Crippen LogP contribution in [0, 0.1) is 0 Å². The van der Waals surface area contributed by atoms with E-state index in [1.807, 2.05) is 0 Å². The van der Waals surface area contributed by atoms with Gasteiger partial charge in [-0.25, -0.2) is 9.59 Å². The molecular formula is C10H13N3O3. The molecule has 0 aromatic heterocycles. The summed E-state index contributed by atoms with van der Waals surface area (Å²) in [6.45, 7) is 0. The van der Waals surface area contributed by atoms with Gasteiger partial charge in [-0.15, -0.1) is 0 Å². The molecule has 0 spiro atoms. The van der Waals surface area contributed by atoms with Crippen LogP contribution in [0.2, 0.25) is 0 Å². The van der Waals surface area contributed by atoms with Crippen molar-refractivity contribution in [1.29, 1.82) is 0 Å². The van der Waals surface area contributed by atoms with Crippen molar-refractivity contribution in [1.82, 2.24) is 4.90 Å². The SMILES string of the molecule is CN(C)C(=O)Nc1ccc(N)cc1C(=O)O. The van der Waals surface area contributed by atoms with Crippen molar-refractivity contribution in [3.05, 3.63) is 23.8 Å². The molecule has 0 radical (unpaired) electrons. The molecule has 0 atom stereocenters. The average Bonchev–Trinajstić information content (AvgIpc) is 2.20. The summed E-state index contributed by atoms with van der Waals surface area (Å²) in [7, 11) is 3.13. The maximum atomic E-state index is 11.4. The van der Waals surface area contributed by atoms with Gasteiger partial charge in [-0.2, -0.15) is 0 Å². The molecule has 1 aromatic carbocycles. The number of urea groups is 1. The fraction of sp³-hybridized carbons (Fsp3) is 0.200. The maximum Gasteiger partial charge on any atom is 0.337 e. The lowest BCUT2D eigenvalue weighted by atomic mass is 10.1. The third-order valence-corrected chi connectivity index (χ3v) is 1.92. The zero-order chi connectivity index (χ0) is 12.3. The molecule has 0 aliphatic carbocycles. The van der Waals surface area contributed by atoms with Crippen LogP contribution in [0.15, 0.2) is 18.2 Å². The first-order valence-electron chi connectivity index (χ1n) is 4.53. The van der Waals surface area contributed by atoms with Gasteiger partial charge in [-0.1, -0.05) is 0 Å². The molecule has 6 nitrogen and oxygen atoms in total. The van der Waals surface area contributed by atoms with Crippen molar-refractivity contribution in [2.24, 2.45) is 0 Å². The minimum absolute atomic E-state index is 0.0322. The van der Waals surface area contributed by atoms with Crippen LogP contribution in [0.1, 0.15) is 10.4 Å². The Balaban J connectivity index is 3.04. The molecule has 16 heavy (non-hydrogen) atoms. The number of hydrogen-bond acceptors (Lipinski definition) is 3. The van der Waals surface area contributed by atoms with Crippen LogP contribution in [0.3, 0.4) is 0 Å². The second kappa shape index (κ2) is 4.52. The van der Waals surface area contributed by atoms with Crippen LogP contribution in [0.5, 0.6) is 0 Å². The zero-order valence-electron chi connectivity index (χ0n) is 9.02. The molecule has 0 saturated carbocycles. The molecule has 0 unspecified atom stereocenters. The second-order valence-electron chi connectivity index (χ2n) is 3.43. The number of aromatic carboxylic acids is 1. The van der Waals surface area contributed by atoms with Gasteiger partial charge in [0.1, 0.15) is 0 Å². The summed E-state index contributed by atoms with van der Waals surface area (Å²) < 4.78 is 0. The fourth-order valence-corrected chi connectivity index (χ4v) is 1.07. The summed E-state index contributed by atoms with van der Waals surface area (Å²) >= 11 is 0. The first-order valence-corrected chi connectivity index (χ1v) is 4.53. The monoisotopic (exact) mass is 223 g/mol. The molecule has 1 aromatic rings. The topological polar surface area (TPSA) is 95.7 Å². The molecule has 6 heteroatoms. The summed E-state index contributed by atoms with van der Waals surface area (Å²) in [5, 5.41) is 11.4. The van der Waals surface area contributed by atoms with Gasteiger partial charge in [0.25, 0.3) is 0 Å². The van der Waals surface area contributed by atoms with Crippen molar-refractivity contribution in [2.75, 3.05) is 25.1 Å². The number of carbonyl (C=O) groups excluding carboxylic acids is 1. The Bertz CT molecular complexity index is 429. The second-order valence-corrected chi connectivity index (χ2v) is 3.43. The standard InChI is InChI=1S/C10H13N3O3/c1-13(2)10(16)12-8-4-3-6(11)5-7(8)9(14)15/h3-5H,11H2,1-2H3,(H,12,16)(H,14,15). The Morgan fingerprint density at radius 1 is 1.38 bits per heavy atom. The number of hydrogen-bond donors (Lipinski definition) is 3. The van der Waals surface area contributed by atoms with Gasteiger partial charge >= 0.3 is 12.0 Å². The Kier molecular flexibility index (Phi) is 3.34. The molecule has 0 bridgehead atoms.